The summed E-state index contributed by atoms with van der Waals surface area (Å²) in [7, 11) is 2.11. The van der Waals surface area contributed by atoms with Crippen LogP contribution in [0.2, 0.25) is 0 Å². The Labute approximate surface area is 107 Å². The maximum atomic E-state index is 4.76. The largest absolute Gasteiger partial charge is 0.307 e. The van der Waals surface area contributed by atoms with Crippen molar-refractivity contribution in [2.75, 3.05) is 20.1 Å². The Balaban J connectivity index is 1.96. The Morgan fingerprint density at radius 1 is 1.47 bits per heavy atom. The first-order valence-electron chi connectivity index (χ1n) is 6.62. The number of nitrogens with one attached hydrogen (secondary N) is 1. The van der Waals surface area contributed by atoms with Gasteiger partial charge in [0.15, 0.2) is 0 Å². The molecule has 2 aliphatic rings. The van der Waals surface area contributed by atoms with Crippen molar-refractivity contribution in [1.29, 1.82) is 0 Å². The third-order valence-corrected chi connectivity index (χ3v) is 5.56. The van der Waals surface area contributed by atoms with E-state index < -0.39 is 0 Å². The number of hydrogen-bond acceptors (Lipinski definition) is 4. The van der Waals surface area contributed by atoms with Crippen molar-refractivity contribution in [1.82, 2.24) is 15.2 Å². The number of rotatable bonds is 2. The lowest BCUT2D eigenvalue weighted by Gasteiger charge is -2.39. The van der Waals surface area contributed by atoms with Crippen LogP contribution in [0.25, 0.3) is 0 Å². The third-order valence-electron chi connectivity index (χ3n) is 4.42. The molecule has 0 radical (unpaired) electrons. The minimum absolute atomic E-state index is 0.124. The predicted molar refractivity (Wildman–Crippen MR) is 71.4 cm³/mol. The molecule has 2 atom stereocenters. The second kappa shape index (κ2) is 4.34. The van der Waals surface area contributed by atoms with Gasteiger partial charge in [0.05, 0.1) is 5.54 Å². The molecule has 2 saturated heterocycles. The van der Waals surface area contributed by atoms with Crippen molar-refractivity contribution < 1.29 is 0 Å². The average molecular weight is 251 g/mol. The molecule has 4 heteroatoms. The highest BCUT2D eigenvalue weighted by Crippen LogP contribution is 2.42. The summed E-state index contributed by atoms with van der Waals surface area (Å²) in [4.78, 5) is 7.42. The molecule has 17 heavy (non-hydrogen) atoms. The summed E-state index contributed by atoms with van der Waals surface area (Å²) in [6.45, 7) is 4.60. The van der Waals surface area contributed by atoms with Crippen LogP contribution in [0.15, 0.2) is 5.38 Å². The van der Waals surface area contributed by atoms with E-state index >= 15 is 0 Å². The monoisotopic (exact) mass is 251 g/mol. The van der Waals surface area contributed by atoms with Crippen LogP contribution in [-0.4, -0.2) is 36.1 Å². The van der Waals surface area contributed by atoms with Gasteiger partial charge in [0.1, 0.15) is 5.01 Å². The van der Waals surface area contributed by atoms with Crippen LogP contribution in [-0.2, 0) is 5.54 Å². The van der Waals surface area contributed by atoms with Crippen LogP contribution < -0.4 is 5.32 Å². The van der Waals surface area contributed by atoms with Crippen molar-refractivity contribution in [3.05, 3.63) is 16.1 Å². The molecule has 0 bridgehead atoms. The first-order valence-corrected chi connectivity index (χ1v) is 7.50. The molecule has 3 rings (SSSR count). The van der Waals surface area contributed by atoms with E-state index in [0.29, 0.717) is 6.04 Å². The van der Waals surface area contributed by atoms with E-state index in [1.807, 2.05) is 11.3 Å². The number of piperidine rings is 1. The highest BCUT2D eigenvalue weighted by molar-refractivity contribution is 7.09. The fourth-order valence-electron chi connectivity index (χ4n) is 3.51. The molecule has 1 aromatic rings. The van der Waals surface area contributed by atoms with Crippen LogP contribution in [0.3, 0.4) is 0 Å². The third kappa shape index (κ3) is 1.74. The van der Waals surface area contributed by atoms with Crippen LogP contribution >= 0.6 is 11.3 Å². The molecule has 2 unspecified atom stereocenters. The van der Waals surface area contributed by atoms with E-state index in [4.69, 9.17) is 4.98 Å². The quantitative estimate of drug-likeness (QED) is 0.873. The van der Waals surface area contributed by atoms with Crippen molar-refractivity contribution in [3.63, 3.8) is 0 Å². The molecule has 1 N–H and O–H groups in total. The van der Waals surface area contributed by atoms with E-state index in [9.17, 15) is 0 Å². The highest BCUT2D eigenvalue weighted by atomic mass is 32.1. The molecular formula is C13H21N3S. The van der Waals surface area contributed by atoms with Crippen molar-refractivity contribution in [3.8, 4) is 0 Å². The molecule has 0 amide bonds. The van der Waals surface area contributed by atoms with Gasteiger partial charge in [-0.05, 0) is 39.8 Å². The highest BCUT2D eigenvalue weighted by Gasteiger charge is 2.49. The first kappa shape index (κ1) is 11.6. The molecule has 3 heterocycles. The second-order valence-electron chi connectivity index (χ2n) is 5.31. The molecule has 0 aromatic carbocycles. The fraction of sp³-hybridized carbons (Fsp3) is 0.769. The van der Waals surface area contributed by atoms with Gasteiger partial charge in [-0.2, -0.15) is 0 Å². The summed E-state index contributed by atoms with van der Waals surface area (Å²) in [6.07, 6.45) is 5.27. The number of fused-ring (bicyclic) bond motifs is 1. The number of nitrogens with zero attached hydrogens (tertiary/aromatic N) is 2. The lowest BCUT2D eigenvalue weighted by molar-refractivity contribution is 0.141. The first-order chi connectivity index (χ1) is 8.26. The minimum atomic E-state index is 0.124. The number of likely N-dealkylation sites (N-methyl/N-ethyl adjacent to an activating group) is 1. The van der Waals surface area contributed by atoms with Crippen LogP contribution in [0.1, 0.15) is 36.4 Å². The molecule has 94 valence electrons. The number of hydrogen-bond donors (Lipinski definition) is 1. The molecular weight excluding hydrogens is 230 g/mol. The summed E-state index contributed by atoms with van der Waals surface area (Å²) in [5.41, 5.74) is 1.29. The molecule has 3 nitrogen and oxygen atoms in total. The van der Waals surface area contributed by atoms with Gasteiger partial charge in [-0.3, -0.25) is 4.90 Å². The van der Waals surface area contributed by atoms with Gasteiger partial charge < -0.3 is 5.32 Å². The fourth-order valence-corrected chi connectivity index (χ4v) is 4.59. The van der Waals surface area contributed by atoms with Crippen LogP contribution in [0.5, 0.6) is 0 Å². The topological polar surface area (TPSA) is 28.2 Å². The van der Waals surface area contributed by atoms with Crippen LogP contribution in [0.4, 0.5) is 0 Å². The standard InChI is InChI=1S/C13H21N3S/c1-10-9-17-12(15-10)13(14-2)6-8-16-7-4-3-5-11(13)16/h9,11,14H,3-8H2,1-2H3. The zero-order chi connectivity index (χ0) is 11.9. The second-order valence-corrected chi connectivity index (χ2v) is 6.17. The van der Waals surface area contributed by atoms with Crippen LogP contribution in [0, 0.1) is 6.92 Å². The summed E-state index contributed by atoms with van der Waals surface area (Å²) >= 11 is 1.83. The zero-order valence-electron chi connectivity index (χ0n) is 10.7. The van der Waals surface area contributed by atoms with E-state index in [2.05, 4.69) is 29.6 Å². The minimum Gasteiger partial charge on any atom is -0.307 e. The Morgan fingerprint density at radius 2 is 2.35 bits per heavy atom. The summed E-state index contributed by atoms with van der Waals surface area (Å²) in [5.74, 6) is 0. The Kier molecular flexibility index (Phi) is 2.97. The Bertz CT molecular complexity index is 403. The number of thiazole rings is 1. The van der Waals surface area contributed by atoms with Gasteiger partial charge in [-0.15, -0.1) is 11.3 Å². The Morgan fingerprint density at radius 3 is 3.06 bits per heavy atom. The lowest BCUT2D eigenvalue weighted by Crippen LogP contribution is -2.52. The number of aryl methyl sites for hydroxylation is 1. The van der Waals surface area contributed by atoms with E-state index in [1.165, 1.54) is 43.8 Å². The SMILES string of the molecule is CNC1(c2nc(C)cs2)CCN2CCCCC21. The summed E-state index contributed by atoms with van der Waals surface area (Å²) in [5, 5.41) is 7.09. The molecule has 2 aliphatic heterocycles. The molecule has 1 aromatic heterocycles. The van der Waals surface area contributed by atoms with Gasteiger partial charge in [0, 0.05) is 23.7 Å². The lowest BCUT2D eigenvalue weighted by atomic mass is 9.86. The van der Waals surface area contributed by atoms with Crippen molar-refractivity contribution in [2.45, 2.75) is 44.2 Å². The average Bonchev–Trinajstić information content (AvgIpc) is 2.94. The van der Waals surface area contributed by atoms with Crippen molar-refractivity contribution >= 4 is 11.3 Å². The maximum Gasteiger partial charge on any atom is 0.115 e. The number of aromatic nitrogens is 1. The molecule has 0 saturated carbocycles. The molecule has 0 spiro atoms. The maximum absolute atomic E-state index is 4.76. The molecule has 0 aliphatic carbocycles. The van der Waals surface area contributed by atoms with E-state index in [1.54, 1.807) is 0 Å². The van der Waals surface area contributed by atoms with Gasteiger partial charge >= 0.3 is 0 Å². The normalized spacial score (nSPS) is 33.9. The van der Waals surface area contributed by atoms with E-state index in [-0.39, 0.29) is 5.54 Å². The molecule has 2 fully saturated rings. The van der Waals surface area contributed by atoms with Gasteiger partial charge in [0.2, 0.25) is 0 Å². The summed E-state index contributed by atoms with van der Waals surface area (Å²) < 4.78 is 0. The van der Waals surface area contributed by atoms with Gasteiger partial charge in [-0.1, -0.05) is 6.42 Å². The Hall–Kier alpha value is -0.450. The van der Waals surface area contributed by atoms with Gasteiger partial charge in [-0.25, -0.2) is 4.98 Å². The predicted octanol–water partition coefficient (Wildman–Crippen LogP) is 2.12. The zero-order valence-corrected chi connectivity index (χ0v) is 11.5. The summed E-state index contributed by atoms with van der Waals surface area (Å²) in [6, 6.07) is 0.659. The smallest absolute Gasteiger partial charge is 0.115 e. The van der Waals surface area contributed by atoms with Crippen molar-refractivity contribution in [2.24, 2.45) is 0 Å². The van der Waals surface area contributed by atoms with E-state index in [0.717, 1.165) is 5.69 Å². The van der Waals surface area contributed by atoms with Gasteiger partial charge in [0.25, 0.3) is 0 Å².